The summed E-state index contributed by atoms with van der Waals surface area (Å²) in [6.45, 7) is 5.39. The van der Waals surface area contributed by atoms with Crippen LogP contribution in [0.1, 0.15) is 20.8 Å². The molecule has 0 spiro atoms. The molecule has 11 heavy (non-hydrogen) atoms. The summed E-state index contributed by atoms with van der Waals surface area (Å²) in [5.41, 5.74) is -0.104. The Morgan fingerprint density at radius 3 is 2.55 bits per heavy atom. The van der Waals surface area contributed by atoms with E-state index in [4.69, 9.17) is 0 Å². The third kappa shape index (κ3) is 1.28. The molecule has 1 rings (SSSR count). The van der Waals surface area contributed by atoms with Crippen molar-refractivity contribution < 1.29 is 9.90 Å². The number of carbonyl (C=O) groups excluding carboxylic acids is 1. The van der Waals surface area contributed by atoms with E-state index in [2.05, 4.69) is 5.32 Å². The maximum atomic E-state index is 10.8. The van der Waals surface area contributed by atoms with E-state index in [0.717, 1.165) is 5.57 Å². The van der Waals surface area contributed by atoms with Crippen LogP contribution >= 0.6 is 0 Å². The summed E-state index contributed by atoms with van der Waals surface area (Å²) >= 11 is 0. The third-order valence-electron chi connectivity index (χ3n) is 1.85. The lowest BCUT2D eigenvalue weighted by molar-refractivity contribution is -0.154. The molecule has 0 aromatic rings. The van der Waals surface area contributed by atoms with Gasteiger partial charge in [0.25, 0.3) is 5.91 Å². The lowest BCUT2D eigenvalue weighted by Crippen LogP contribution is -2.70. The van der Waals surface area contributed by atoms with Crippen LogP contribution in [0.25, 0.3) is 0 Å². The highest BCUT2D eigenvalue weighted by molar-refractivity contribution is 5.92. The van der Waals surface area contributed by atoms with Gasteiger partial charge in [0.15, 0.2) is 5.60 Å². The lowest BCUT2D eigenvalue weighted by Gasteiger charge is -2.40. The summed E-state index contributed by atoms with van der Waals surface area (Å²) < 4.78 is 0. The second-order valence-electron chi connectivity index (χ2n) is 3.34. The topological polar surface area (TPSA) is 49.3 Å². The molecular weight excluding hydrogens is 142 g/mol. The van der Waals surface area contributed by atoms with Gasteiger partial charge in [-0.3, -0.25) is 4.79 Å². The number of carbonyl (C=O) groups is 1. The number of nitrogens with one attached hydrogen (secondary N) is 1. The Morgan fingerprint density at radius 1 is 1.73 bits per heavy atom. The Kier molecular flexibility index (Phi) is 1.76. The van der Waals surface area contributed by atoms with E-state index in [9.17, 15) is 9.90 Å². The van der Waals surface area contributed by atoms with Gasteiger partial charge in [-0.15, -0.1) is 0 Å². The van der Waals surface area contributed by atoms with E-state index in [1.807, 2.05) is 19.9 Å². The van der Waals surface area contributed by atoms with Crippen molar-refractivity contribution in [1.29, 1.82) is 0 Å². The Morgan fingerprint density at radius 2 is 2.27 bits per heavy atom. The first-order valence-electron chi connectivity index (χ1n) is 3.63. The average Bonchev–Trinajstić information content (AvgIpc) is 1.87. The van der Waals surface area contributed by atoms with Crippen LogP contribution in [0.2, 0.25) is 0 Å². The van der Waals surface area contributed by atoms with Gasteiger partial charge in [0.2, 0.25) is 0 Å². The van der Waals surface area contributed by atoms with Crippen LogP contribution in [0, 0.1) is 0 Å². The van der Waals surface area contributed by atoms with Gasteiger partial charge in [-0.1, -0.05) is 11.6 Å². The third-order valence-corrected chi connectivity index (χ3v) is 1.85. The summed E-state index contributed by atoms with van der Waals surface area (Å²) in [6.07, 6.45) is 1.85. The number of rotatable bonds is 1. The van der Waals surface area contributed by atoms with Crippen molar-refractivity contribution in [2.45, 2.75) is 32.4 Å². The fourth-order valence-electron chi connectivity index (χ4n) is 1.03. The van der Waals surface area contributed by atoms with Crippen molar-refractivity contribution in [1.82, 2.24) is 5.32 Å². The largest absolute Gasteiger partial charge is 0.378 e. The van der Waals surface area contributed by atoms with Crippen molar-refractivity contribution in [3.05, 3.63) is 11.6 Å². The summed E-state index contributed by atoms with van der Waals surface area (Å²) in [5, 5.41) is 12.0. The van der Waals surface area contributed by atoms with Gasteiger partial charge in [-0.25, -0.2) is 0 Å². The van der Waals surface area contributed by atoms with E-state index >= 15 is 0 Å². The highest BCUT2D eigenvalue weighted by atomic mass is 16.3. The molecule has 0 saturated carbocycles. The maximum absolute atomic E-state index is 10.8. The number of hydrogen-bond donors (Lipinski definition) is 2. The molecular formula is C8H13NO2. The van der Waals surface area contributed by atoms with Gasteiger partial charge in [0, 0.05) is 0 Å². The zero-order chi connectivity index (χ0) is 8.65. The second-order valence-corrected chi connectivity index (χ2v) is 3.34. The predicted octanol–water partition coefficient (Wildman–Crippen LogP) is 0.202. The number of amides is 1. The van der Waals surface area contributed by atoms with Crippen molar-refractivity contribution in [3.8, 4) is 0 Å². The standard InChI is InChI=1S/C8H13NO2/c1-5(2)4-6-8(3,11)7(10)9-6/h4,6,11H,1-3H3,(H,9,10)/t6-,8+/m0/s1. The van der Waals surface area contributed by atoms with Crippen molar-refractivity contribution in [2.75, 3.05) is 0 Å². The molecule has 62 valence electrons. The molecule has 1 fully saturated rings. The summed E-state index contributed by atoms with van der Waals surface area (Å²) in [5.74, 6) is -0.292. The summed E-state index contributed by atoms with van der Waals surface area (Å²) in [4.78, 5) is 10.8. The van der Waals surface area contributed by atoms with Gasteiger partial charge in [-0.2, -0.15) is 0 Å². The molecule has 1 saturated heterocycles. The van der Waals surface area contributed by atoms with E-state index in [0.29, 0.717) is 0 Å². The average molecular weight is 155 g/mol. The number of hydrogen-bond acceptors (Lipinski definition) is 2. The van der Waals surface area contributed by atoms with Crippen molar-refractivity contribution in [3.63, 3.8) is 0 Å². The molecule has 0 aromatic heterocycles. The molecule has 1 aliphatic heterocycles. The van der Waals surface area contributed by atoms with Crippen molar-refractivity contribution in [2.24, 2.45) is 0 Å². The van der Waals surface area contributed by atoms with Gasteiger partial charge in [-0.05, 0) is 20.8 Å². The molecule has 0 radical (unpaired) electrons. The highest BCUT2D eigenvalue weighted by Gasteiger charge is 2.48. The highest BCUT2D eigenvalue weighted by Crippen LogP contribution is 2.21. The van der Waals surface area contributed by atoms with Crippen molar-refractivity contribution >= 4 is 5.91 Å². The molecule has 0 bridgehead atoms. The Hall–Kier alpha value is -0.830. The SMILES string of the molecule is CC(C)=C[C@@H]1NC(=O)[C@]1(C)O. The van der Waals surface area contributed by atoms with Crippen LogP contribution < -0.4 is 5.32 Å². The zero-order valence-corrected chi connectivity index (χ0v) is 7.01. The molecule has 0 aromatic carbocycles. The fraction of sp³-hybridized carbons (Fsp3) is 0.625. The molecule has 1 amide bonds. The second kappa shape index (κ2) is 2.34. The van der Waals surface area contributed by atoms with Gasteiger partial charge in [0.1, 0.15) is 0 Å². The molecule has 1 heterocycles. The lowest BCUT2D eigenvalue weighted by atomic mass is 9.86. The Bertz CT molecular complexity index is 214. The first-order valence-corrected chi connectivity index (χ1v) is 3.63. The minimum absolute atomic E-state index is 0.208. The minimum Gasteiger partial charge on any atom is -0.378 e. The summed E-state index contributed by atoms with van der Waals surface area (Å²) in [7, 11) is 0. The zero-order valence-electron chi connectivity index (χ0n) is 7.01. The predicted molar refractivity (Wildman–Crippen MR) is 42.0 cm³/mol. The molecule has 0 unspecified atom stereocenters. The van der Waals surface area contributed by atoms with E-state index in [1.165, 1.54) is 6.92 Å². The number of β-lactam (4-membered cyclic amide) rings is 1. The Labute approximate surface area is 66.1 Å². The van der Waals surface area contributed by atoms with E-state index in [1.54, 1.807) is 0 Å². The van der Waals surface area contributed by atoms with E-state index < -0.39 is 5.60 Å². The van der Waals surface area contributed by atoms with Crippen LogP contribution in [-0.2, 0) is 4.79 Å². The van der Waals surface area contributed by atoms with Crippen LogP contribution in [0.4, 0.5) is 0 Å². The first kappa shape index (κ1) is 8.27. The molecule has 1 aliphatic rings. The molecule has 2 N–H and O–H groups in total. The number of allylic oxidation sites excluding steroid dienone is 1. The van der Waals surface area contributed by atoms with Gasteiger partial charge < -0.3 is 10.4 Å². The van der Waals surface area contributed by atoms with Crippen LogP contribution in [0.15, 0.2) is 11.6 Å². The normalized spacial score (nSPS) is 35.6. The van der Waals surface area contributed by atoms with E-state index in [-0.39, 0.29) is 11.9 Å². The smallest absolute Gasteiger partial charge is 0.254 e. The van der Waals surface area contributed by atoms with Crippen LogP contribution in [-0.4, -0.2) is 22.7 Å². The minimum atomic E-state index is -1.20. The molecule has 2 atom stereocenters. The van der Waals surface area contributed by atoms with Crippen LogP contribution in [0.3, 0.4) is 0 Å². The van der Waals surface area contributed by atoms with Gasteiger partial charge in [0.05, 0.1) is 6.04 Å². The molecule has 0 aliphatic carbocycles. The van der Waals surface area contributed by atoms with Crippen LogP contribution in [0.5, 0.6) is 0 Å². The fourth-order valence-corrected chi connectivity index (χ4v) is 1.03. The molecule has 3 heteroatoms. The monoisotopic (exact) mass is 155 g/mol. The first-order chi connectivity index (χ1) is 4.94. The quantitative estimate of drug-likeness (QED) is 0.420. The summed E-state index contributed by atoms with van der Waals surface area (Å²) in [6, 6.07) is -0.208. The number of aliphatic hydroxyl groups is 1. The Balaban J connectivity index is 2.68. The van der Waals surface area contributed by atoms with Gasteiger partial charge >= 0.3 is 0 Å². The maximum Gasteiger partial charge on any atom is 0.254 e. The molecule has 3 nitrogen and oxygen atoms in total.